The van der Waals surface area contributed by atoms with Gasteiger partial charge in [-0.25, -0.2) is 8.42 Å². The summed E-state index contributed by atoms with van der Waals surface area (Å²) in [5.74, 6) is 0. The molecular formula is C16H14N2O2S. The average Bonchev–Trinajstić information content (AvgIpc) is 2.47. The number of anilines is 1. The van der Waals surface area contributed by atoms with Gasteiger partial charge in [-0.05, 0) is 36.8 Å². The van der Waals surface area contributed by atoms with Crippen molar-refractivity contribution in [3.05, 3.63) is 66.4 Å². The van der Waals surface area contributed by atoms with Crippen molar-refractivity contribution in [2.75, 3.05) is 4.72 Å². The normalized spacial score (nSPS) is 11.5. The molecule has 0 saturated carbocycles. The van der Waals surface area contributed by atoms with Crippen molar-refractivity contribution in [1.29, 1.82) is 0 Å². The lowest BCUT2D eigenvalue weighted by Gasteiger charge is -2.09. The third-order valence-corrected chi connectivity index (χ3v) is 4.52. The number of benzene rings is 2. The Morgan fingerprint density at radius 3 is 2.62 bits per heavy atom. The van der Waals surface area contributed by atoms with Crippen molar-refractivity contribution in [2.45, 2.75) is 11.8 Å². The second-order valence-electron chi connectivity index (χ2n) is 4.84. The number of rotatable bonds is 3. The van der Waals surface area contributed by atoms with Crippen molar-refractivity contribution in [2.24, 2.45) is 0 Å². The summed E-state index contributed by atoms with van der Waals surface area (Å²) in [6, 6.07) is 16.1. The zero-order valence-electron chi connectivity index (χ0n) is 11.4. The summed E-state index contributed by atoms with van der Waals surface area (Å²) in [7, 11) is -3.59. The zero-order valence-corrected chi connectivity index (χ0v) is 12.3. The molecule has 0 saturated heterocycles. The molecule has 21 heavy (non-hydrogen) atoms. The van der Waals surface area contributed by atoms with Gasteiger partial charge in [-0.3, -0.25) is 9.71 Å². The van der Waals surface area contributed by atoms with Crippen LogP contribution in [0, 0.1) is 6.92 Å². The standard InChI is InChI=1S/C16H14N2O2S/c1-12-5-4-7-15(9-12)21(19,20)18-14-10-13-6-2-3-8-16(13)17-11-14/h2-11,18H,1H3. The highest BCUT2D eigenvalue weighted by atomic mass is 32.2. The first-order valence-corrected chi connectivity index (χ1v) is 7.97. The van der Waals surface area contributed by atoms with E-state index >= 15 is 0 Å². The number of pyridine rings is 1. The quantitative estimate of drug-likeness (QED) is 0.806. The van der Waals surface area contributed by atoms with Crippen LogP contribution in [0.3, 0.4) is 0 Å². The van der Waals surface area contributed by atoms with Crippen molar-refractivity contribution in [3.8, 4) is 0 Å². The van der Waals surface area contributed by atoms with Gasteiger partial charge in [0.15, 0.2) is 0 Å². The number of hydrogen-bond donors (Lipinski definition) is 1. The van der Waals surface area contributed by atoms with Crippen molar-refractivity contribution >= 4 is 26.6 Å². The number of para-hydroxylation sites is 1. The first-order valence-electron chi connectivity index (χ1n) is 6.49. The molecule has 0 unspecified atom stereocenters. The maximum absolute atomic E-state index is 12.4. The van der Waals surface area contributed by atoms with Gasteiger partial charge < -0.3 is 0 Å². The molecule has 0 spiro atoms. The summed E-state index contributed by atoms with van der Waals surface area (Å²) in [5.41, 5.74) is 2.18. The van der Waals surface area contributed by atoms with E-state index in [0.29, 0.717) is 5.69 Å². The first-order chi connectivity index (χ1) is 10.0. The van der Waals surface area contributed by atoms with Gasteiger partial charge in [0.1, 0.15) is 0 Å². The molecule has 0 fully saturated rings. The third kappa shape index (κ3) is 2.87. The van der Waals surface area contributed by atoms with Crippen molar-refractivity contribution in [1.82, 2.24) is 4.98 Å². The molecule has 0 radical (unpaired) electrons. The van der Waals surface area contributed by atoms with E-state index in [1.807, 2.05) is 37.3 Å². The lowest BCUT2D eigenvalue weighted by Crippen LogP contribution is -2.13. The molecule has 0 aliphatic rings. The van der Waals surface area contributed by atoms with Crippen LogP contribution >= 0.6 is 0 Å². The first kappa shape index (κ1) is 13.6. The summed E-state index contributed by atoms with van der Waals surface area (Å²) in [6.45, 7) is 1.86. The van der Waals surface area contributed by atoms with Gasteiger partial charge in [-0.15, -0.1) is 0 Å². The van der Waals surface area contributed by atoms with Gasteiger partial charge in [0.2, 0.25) is 0 Å². The molecular weight excluding hydrogens is 284 g/mol. The van der Waals surface area contributed by atoms with Crippen LogP contribution in [-0.2, 0) is 10.0 Å². The van der Waals surface area contributed by atoms with E-state index in [-0.39, 0.29) is 4.90 Å². The van der Waals surface area contributed by atoms with Crippen molar-refractivity contribution < 1.29 is 8.42 Å². The van der Waals surface area contributed by atoms with Crippen LogP contribution in [0.5, 0.6) is 0 Å². The van der Waals surface area contributed by atoms with Gasteiger partial charge in [0, 0.05) is 5.39 Å². The van der Waals surface area contributed by atoms with Crippen LogP contribution in [0.25, 0.3) is 10.9 Å². The molecule has 5 heteroatoms. The predicted octanol–water partition coefficient (Wildman–Crippen LogP) is 3.34. The molecule has 1 heterocycles. The molecule has 0 aliphatic heterocycles. The number of aromatic nitrogens is 1. The summed E-state index contributed by atoms with van der Waals surface area (Å²) < 4.78 is 27.3. The van der Waals surface area contributed by atoms with Crippen LogP contribution in [0.15, 0.2) is 65.7 Å². The Bertz CT molecular complexity index is 905. The Kier molecular flexibility index (Phi) is 3.35. The average molecular weight is 298 g/mol. The molecule has 0 bridgehead atoms. The highest BCUT2D eigenvalue weighted by Crippen LogP contribution is 2.20. The minimum absolute atomic E-state index is 0.246. The van der Waals surface area contributed by atoms with Crippen LogP contribution in [0.2, 0.25) is 0 Å². The summed E-state index contributed by atoms with van der Waals surface area (Å²) in [4.78, 5) is 4.50. The van der Waals surface area contributed by atoms with Gasteiger partial charge in [-0.1, -0.05) is 30.3 Å². The van der Waals surface area contributed by atoms with Gasteiger partial charge in [-0.2, -0.15) is 0 Å². The van der Waals surface area contributed by atoms with Crippen LogP contribution in [-0.4, -0.2) is 13.4 Å². The number of sulfonamides is 1. The second-order valence-corrected chi connectivity index (χ2v) is 6.52. The minimum Gasteiger partial charge on any atom is -0.278 e. The SMILES string of the molecule is Cc1cccc(S(=O)(=O)Nc2cnc3ccccc3c2)c1. The molecule has 106 valence electrons. The molecule has 2 aromatic carbocycles. The van der Waals surface area contributed by atoms with Gasteiger partial charge in [0.25, 0.3) is 10.0 Å². The monoisotopic (exact) mass is 298 g/mol. The Hall–Kier alpha value is -2.40. The Balaban J connectivity index is 1.97. The molecule has 1 aromatic heterocycles. The van der Waals surface area contributed by atoms with E-state index in [1.54, 1.807) is 24.3 Å². The second kappa shape index (κ2) is 5.18. The van der Waals surface area contributed by atoms with Gasteiger partial charge in [0.05, 0.1) is 22.3 Å². The van der Waals surface area contributed by atoms with Gasteiger partial charge >= 0.3 is 0 Å². The van der Waals surface area contributed by atoms with Crippen LogP contribution in [0.1, 0.15) is 5.56 Å². The lowest BCUT2D eigenvalue weighted by molar-refractivity contribution is 0.601. The number of aryl methyl sites for hydroxylation is 1. The molecule has 0 atom stereocenters. The molecule has 4 nitrogen and oxygen atoms in total. The molecule has 1 N–H and O–H groups in total. The maximum atomic E-state index is 12.4. The van der Waals surface area contributed by atoms with Crippen LogP contribution in [0.4, 0.5) is 5.69 Å². The Morgan fingerprint density at radius 2 is 1.81 bits per heavy atom. The lowest BCUT2D eigenvalue weighted by atomic mass is 10.2. The van der Waals surface area contributed by atoms with E-state index in [9.17, 15) is 8.42 Å². The minimum atomic E-state index is -3.59. The fraction of sp³-hybridized carbons (Fsp3) is 0.0625. The molecule has 0 aliphatic carbocycles. The Morgan fingerprint density at radius 1 is 1.00 bits per heavy atom. The van der Waals surface area contributed by atoms with E-state index in [4.69, 9.17) is 0 Å². The summed E-state index contributed by atoms with van der Waals surface area (Å²) in [5, 5.41) is 0.891. The number of nitrogens with one attached hydrogen (secondary N) is 1. The van der Waals surface area contributed by atoms with E-state index in [2.05, 4.69) is 9.71 Å². The largest absolute Gasteiger partial charge is 0.278 e. The highest BCUT2D eigenvalue weighted by molar-refractivity contribution is 7.92. The maximum Gasteiger partial charge on any atom is 0.261 e. The fourth-order valence-corrected chi connectivity index (χ4v) is 3.26. The third-order valence-electron chi connectivity index (χ3n) is 3.14. The highest BCUT2D eigenvalue weighted by Gasteiger charge is 2.14. The summed E-state index contributed by atoms with van der Waals surface area (Å²) in [6.07, 6.45) is 1.52. The number of fused-ring (bicyclic) bond motifs is 1. The van der Waals surface area contributed by atoms with E-state index in [0.717, 1.165) is 16.5 Å². The van der Waals surface area contributed by atoms with E-state index in [1.165, 1.54) is 6.20 Å². The van der Waals surface area contributed by atoms with E-state index < -0.39 is 10.0 Å². The number of hydrogen-bond acceptors (Lipinski definition) is 3. The zero-order chi connectivity index (χ0) is 14.9. The predicted molar refractivity (Wildman–Crippen MR) is 83.7 cm³/mol. The van der Waals surface area contributed by atoms with Crippen LogP contribution < -0.4 is 4.72 Å². The summed E-state index contributed by atoms with van der Waals surface area (Å²) >= 11 is 0. The number of nitrogens with zero attached hydrogens (tertiary/aromatic N) is 1. The molecule has 3 aromatic rings. The Labute approximate surface area is 123 Å². The topological polar surface area (TPSA) is 59.1 Å². The molecule has 3 rings (SSSR count). The smallest absolute Gasteiger partial charge is 0.261 e. The molecule has 0 amide bonds. The van der Waals surface area contributed by atoms with Crippen molar-refractivity contribution in [3.63, 3.8) is 0 Å². The fourth-order valence-electron chi connectivity index (χ4n) is 2.12.